The van der Waals surface area contributed by atoms with Crippen LogP contribution in [0.2, 0.25) is 10.0 Å². The fraction of sp³-hybridized carbons (Fsp3) is 0.208. The van der Waals surface area contributed by atoms with Crippen molar-refractivity contribution in [3.63, 3.8) is 0 Å². The Morgan fingerprint density at radius 3 is 2.25 bits per heavy atom. The Labute approximate surface area is 195 Å². The predicted octanol–water partition coefficient (Wildman–Crippen LogP) is 6.71. The molecule has 0 spiro atoms. The van der Waals surface area contributed by atoms with Crippen LogP contribution in [0.3, 0.4) is 0 Å². The van der Waals surface area contributed by atoms with E-state index in [-0.39, 0.29) is 21.5 Å². The number of aromatic nitrogens is 2. The Kier molecular flexibility index (Phi) is 6.09. The predicted molar refractivity (Wildman–Crippen MR) is 125 cm³/mol. The molecule has 6 nitrogen and oxygen atoms in total. The van der Waals surface area contributed by atoms with Gasteiger partial charge in [0.1, 0.15) is 5.76 Å². The van der Waals surface area contributed by atoms with Crippen LogP contribution in [-0.4, -0.2) is 16.0 Å². The van der Waals surface area contributed by atoms with Crippen molar-refractivity contribution in [3.8, 4) is 11.4 Å². The average Bonchev–Trinajstić information content (AvgIpc) is 3.36. The molecule has 32 heavy (non-hydrogen) atoms. The number of carbonyl (C=O) groups is 1. The molecule has 0 unspecified atom stereocenters. The summed E-state index contributed by atoms with van der Waals surface area (Å²) in [6.07, 6.45) is 0.603. The molecule has 1 amide bonds. The smallest absolute Gasteiger partial charge is 0.291 e. The number of furan rings is 1. The first-order valence-electron chi connectivity index (χ1n) is 9.98. The number of aryl methyl sites for hydroxylation is 4. The molecule has 0 atom stereocenters. The van der Waals surface area contributed by atoms with Crippen LogP contribution in [0, 0.1) is 27.7 Å². The second kappa shape index (κ2) is 8.81. The highest BCUT2D eigenvalue weighted by atomic mass is 35.5. The summed E-state index contributed by atoms with van der Waals surface area (Å²) < 4.78 is 10.8. The van der Waals surface area contributed by atoms with Crippen molar-refractivity contribution in [1.82, 2.24) is 10.1 Å². The minimum Gasteiger partial charge on any atom is -0.456 e. The summed E-state index contributed by atoms with van der Waals surface area (Å²) in [4.78, 5) is 16.9. The first kappa shape index (κ1) is 22.1. The summed E-state index contributed by atoms with van der Waals surface area (Å²) in [6, 6.07) is 11.0. The van der Waals surface area contributed by atoms with Gasteiger partial charge < -0.3 is 14.3 Å². The lowest BCUT2D eigenvalue weighted by Crippen LogP contribution is -2.11. The maximum Gasteiger partial charge on any atom is 0.291 e. The summed E-state index contributed by atoms with van der Waals surface area (Å²) in [5.74, 6) is 1.22. The molecule has 0 bridgehead atoms. The molecule has 164 valence electrons. The molecule has 2 heterocycles. The summed E-state index contributed by atoms with van der Waals surface area (Å²) >= 11 is 12.7. The summed E-state index contributed by atoms with van der Waals surface area (Å²) in [5.41, 5.74) is 5.66. The molecule has 0 fully saturated rings. The zero-order chi connectivity index (χ0) is 23.0. The molecular formula is C24H21Cl2N3O3. The number of hydrogen-bond acceptors (Lipinski definition) is 5. The highest BCUT2D eigenvalue weighted by Gasteiger charge is 2.18. The molecule has 2 aromatic carbocycles. The van der Waals surface area contributed by atoms with Crippen molar-refractivity contribution < 1.29 is 13.7 Å². The number of nitrogens with one attached hydrogen (secondary N) is 1. The molecule has 4 rings (SSSR count). The van der Waals surface area contributed by atoms with Gasteiger partial charge in [0.05, 0.1) is 15.7 Å². The number of benzene rings is 2. The summed E-state index contributed by atoms with van der Waals surface area (Å²) in [5, 5.41) is 7.08. The van der Waals surface area contributed by atoms with Crippen LogP contribution in [0.5, 0.6) is 0 Å². The molecule has 0 radical (unpaired) electrons. The largest absolute Gasteiger partial charge is 0.456 e. The number of rotatable bonds is 5. The third kappa shape index (κ3) is 4.56. The van der Waals surface area contributed by atoms with Crippen LogP contribution in [-0.2, 0) is 6.42 Å². The van der Waals surface area contributed by atoms with Crippen molar-refractivity contribution in [1.29, 1.82) is 0 Å². The first-order chi connectivity index (χ1) is 15.2. The van der Waals surface area contributed by atoms with Gasteiger partial charge in [0.15, 0.2) is 5.76 Å². The van der Waals surface area contributed by atoms with Gasteiger partial charge in [0.2, 0.25) is 11.7 Å². The molecule has 0 aliphatic rings. The van der Waals surface area contributed by atoms with E-state index in [2.05, 4.69) is 48.4 Å². The van der Waals surface area contributed by atoms with E-state index in [4.69, 9.17) is 32.1 Å². The highest BCUT2D eigenvalue weighted by molar-refractivity contribution is 6.40. The van der Waals surface area contributed by atoms with E-state index in [9.17, 15) is 4.79 Å². The minimum atomic E-state index is -0.444. The Balaban J connectivity index is 1.52. The van der Waals surface area contributed by atoms with Crippen molar-refractivity contribution in [3.05, 3.63) is 86.1 Å². The van der Waals surface area contributed by atoms with Gasteiger partial charge in [-0.1, -0.05) is 46.1 Å². The highest BCUT2D eigenvalue weighted by Crippen LogP contribution is 2.35. The van der Waals surface area contributed by atoms with Gasteiger partial charge in [-0.05, 0) is 61.7 Å². The van der Waals surface area contributed by atoms with Crippen LogP contribution in [0.25, 0.3) is 11.4 Å². The minimum absolute atomic E-state index is 0.174. The maximum absolute atomic E-state index is 12.8. The second-order valence-electron chi connectivity index (χ2n) is 7.73. The van der Waals surface area contributed by atoms with Crippen LogP contribution in [0.15, 0.2) is 45.3 Å². The fourth-order valence-electron chi connectivity index (χ4n) is 3.67. The van der Waals surface area contributed by atoms with Crippen LogP contribution >= 0.6 is 23.2 Å². The quantitative estimate of drug-likeness (QED) is 0.351. The van der Waals surface area contributed by atoms with E-state index in [0.717, 1.165) is 0 Å². The molecule has 0 saturated heterocycles. The molecule has 0 aliphatic carbocycles. The number of anilines is 1. The molecule has 8 heteroatoms. The van der Waals surface area contributed by atoms with Gasteiger partial charge in [-0.2, -0.15) is 4.98 Å². The van der Waals surface area contributed by atoms with Crippen LogP contribution < -0.4 is 5.32 Å². The maximum atomic E-state index is 12.8. The van der Waals surface area contributed by atoms with Crippen molar-refractivity contribution in [2.45, 2.75) is 34.1 Å². The summed E-state index contributed by atoms with van der Waals surface area (Å²) in [7, 11) is 0. The van der Waals surface area contributed by atoms with E-state index in [1.807, 2.05) is 0 Å². The molecule has 1 N–H and O–H groups in total. The number of hydrogen-bond donors (Lipinski definition) is 1. The number of halogens is 2. The van der Waals surface area contributed by atoms with Gasteiger partial charge in [-0.3, -0.25) is 4.79 Å². The van der Waals surface area contributed by atoms with E-state index >= 15 is 0 Å². The molecule has 4 aromatic rings. The Hall–Kier alpha value is -3.09. The average molecular weight is 470 g/mol. The lowest BCUT2D eigenvalue weighted by atomic mass is 9.97. The lowest BCUT2D eigenvalue weighted by Gasteiger charge is -2.10. The van der Waals surface area contributed by atoms with Crippen molar-refractivity contribution in [2.24, 2.45) is 0 Å². The zero-order valence-electron chi connectivity index (χ0n) is 18.0. The number of nitrogens with zero attached hydrogens (tertiary/aromatic N) is 2. The van der Waals surface area contributed by atoms with Gasteiger partial charge in [0.25, 0.3) is 5.91 Å². The Morgan fingerprint density at radius 2 is 1.66 bits per heavy atom. The van der Waals surface area contributed by atoms with Gasteiger partial charge in [-0.15, -0.1) is 0 Å². The molecule has 0 saturated carbocycles. The van der Waals surface area contributed by atoms with Crippen molar-refractivity contribution >= 4 is 34.8 Å². The standard InChI is InChI=1S/C24H21Cl2N3O3/c1-12-7-13(2)18(14(3)8-12)11-17-5-6-21(31-17)24(30)28-22-19(25)9-16(10-20(22)26)23-27-15(4)32-29-23/h5-10H,11H2,1-4H3,(H,28,30). The topological polar surface area (TPSA) is 81.2 Å². The third-order valence-corrected chi connectivity index (χ3v) is 5.74. The molecule has 2 aromatic heterocycles. The lowest BCUT2D eigenvalue weighted by molar-refractivity contribution is 0.0995. The Morgan fingerprint density at radius 1 is 1.00 bits per heavy atom. The van der Waals surface area contributed by atoms with Gasteiger partial charge in [0, 0.05) is 18.9 Å². The van der Waals surface area contributed by atoms with E-state index in [1.165, 1.54) is 22.3 Å². The first-order valence-corrected chi connectivity index (χ1v) is 10.7. The van der Waals surface area contributed by atoms with Gasteiger partial charge >= 0.3 is 0 Å². The third-order valence-electron chi connectivity index (χ3n) is 5.14. The normalized spacial score (nSPS) is 11.1. The van der Waals surface area contributed by atoms with E-state index < -0.39 is 5.91 Å². The van der Waals surface area contributed by atoms with E-state index in [1.54, 1.807) is 31.2 Å². The SMILES string of the molecule is Cc1cc(C)c(Cc2ccc(C(=O)Nc3c(Cl)cc(-c4noc(C)n4)cc3Cl)o2)c(C)c1. The van der Waals surface area contributed by atoms with Crippen molar-refractivity contribution in [2.75, 3.05) is 5.32 Å². The second-order valence-corrected chi connectivity index (χ2v) is 8.54. The van der Waals surface area contributed by atoms with Crippen LogP contribution in [0.1, 0.15) is 44.5 Å². The zero-order valence-corrected chi connectivity index (χ0v) is 19.6. The number of amides is 1. The van der Waals surface area contributed by atoms with Crippen LogP contribution in [0.4, 0.5) is 5.69 Å². The summed E-state index contributed by atoms with van der Waals surface area (Å²) in [6.45, 7) is 7.92. The monoisotopic (exact) mass is 469 g/mol. The Bertz CT molecular complexity index is 1280. The number of carbonyl (C=O) groups excluding carboxylic acids is 1. The molecule has 0 aliphatic heterocycles. The van der Waals surface area contributed by atoms with Gasteiger partial charge in [-0.25, -0.2) is 0 Å². The fourth-order valence-corrected chi connectivity index (χ4v) is 4.25. The molecular weight excluding hydrogens is 449 g/mol. The van der Waals surface area contributed by atoms with E-state index in [0.29, 0.717) is 29.5 Å².